The van der Waals surface area contributed by atoms with Gasteiger partial charge in [0.25, 0.3) is 0 Å². The molecule has 2 aromatic carbocycles. The summed E-state index contributed by atoms with van der Waals surface area (Å²) >= 11 is 0. The van der Waals surface area contributed by atoms with Crippen molar-refractivity contribution in [2.45, 2.75) is 66.2 Å². The van der Waals surface area contributed by atoms with Crippen molar-refractivity contribution in [3.05, 3.63) is 83.3 Å². The molecule has 5 aromatic rings. The largest absolute Gasteiger partial charge is 0.465 e. The van der Waals surface area contributed by atoms with E-state index < -0.39 is 23.6 Å². The zero-order valence-corrected chi connectivity index (χ0v) is 37.2. The van der Waals surface area contributed by atoms with Crippen LogP contribution in [0.4, 0.5) is 9.59 Å². The third-order valence-corrected chi connectivity index (χ3v) is 9.10. The number of rotatable bonds is 8. The van der Waals surface area contributed by atoms with E-state index in [9.17, 15) is 28.8 Å². The highest BCUT2D eigenvalue weighted by molar-refractivity contribution is 5.99. The molecular weight excluding hydrogens is 813 g/mol. The van der Waals surface area contributed by atoms with Gasteiger partial charge in [0.05, 0.1) is 63.2 Å². The Labute approximate surface area is 367 Å². The summed E-state index contributed by atoms with van der Waals surface area (Å²) in [6.07, 6.45) is 12.1. The number of amides is 4. The molecule has 18 nitrogen and oxygen atoms in total. The minimum absolute atomic E-state index is 0.0344. The van der Waals surface area contributed by atoms with Gasteiger partial charge in [-0.25, -0.2) is 24.4 Å². The maximum Gasteiger partial charge on any atom is 0.407 e. The van der Waals surface area contributed by atoms with E-state index in [0.29, 0.717) is 11.1 Å². The second-order valence-electron chi connectivity index (χ2n) is 14.1. The molecule has 5 heterocycles. The summed E-state index contributed by atoms with van der Waals surface area (Å²) in [5.41, 5.74) is 3.62. The fourth-order valence-corrected chi connectivity index (χ4v) is 6.08. The summed E-state index contributed by atoms with van der Waals surface area (Å²) in [7, 11) is 3.78. The SMILES string of the molecule is CCC.CCC.COC(=O)NCC(=O)N1CCCC1.COC(=O)NCC(=O)N1CCCC1.COC(=O)c1c(-c2ccc(-c3cnc[nH]3)cc2)oc2ccc(-c3cnc[nH]3)cc2c1=O. The number of esters is 1. The predicted molar refractivity (Wildman–Crippen MR) is 239 cm³/mol. The summed E-state index contributed by atoms with van der Waals surface area (Å²) < 4.78 is 19.6. The van der Waals surface area contributed by atoms with E-state index >= 15 is 0 Å². The lowest BCUT2D eigenvalue weighted by molar-refractivity contribution is -0.129. The number of hydrogen-bond donors (Lipinski definition) is 4. The molecule has 0 radical (unpaired) electrons. The summed E-state index contributed by atoms with van der Waals surface area (Å²) in [4.78, 5) is 87.3. The minimum atomic E-state index is -0.754. The number of methoxy groups -OCH3 is 3. The summed E-state index contributed by atoms with van der Waals surface area (Å²) in [5, 5.41) is 5.00. The van der Waals surface area contributed by atoms with E-state index in [1.807, 2.05) is 18.2 Å². The predicted octanol–water partition coefficient (Wildman–Crippen LogP) is 6.79. The molecule has 3 aromatic heterocycles. The van der Waals surface area contributed by atoms with Gasteiger partial charge >= 0.3 is 18.2 Å². The number of hydrogen-bond acceptors (Lipinski definition) is 12. The molecule has 0 atom stereocenters. The lowest BCUT2D eigenvalue weighted by Gasteiger charge is -2.14. The van der Waals surface area contributed by atoms with Crippen LogP contribution >= 0.6 is 0 Å². The molecule has 18 heteroatoms. The van der Waals surface area contributed by atoms with Crippen molar-refractivity contribution in [3.63, 3.8) is 0 Å². The minimum Gasteiger partial charge on any atom is -0.465 e. The van der Waals surface area contributed by atoms with E-state index in [4.69, 9.17) is 9.15 Å². The standard InChI is InChI=1S/C23H16N4O4.2C8H14N2O3.2C3H8/c1-30-23(29)20-21(28)16-8-15(18-10-25-12-27-18)6-7-19(16)31-22(20)14-4-2-13(3-5-14)17-9-24-11-26-17;2*1-13-8(12)9-6-7(11)10-4-2-3-5-10;2*1-3-2/h2-12H,1H3,(H,24,26)(H,25,27);2*2-6H2,1H3,(H,9,12);2*3H2,1-2H3. The molecule has 340 valence electrons. The van der Waals surface area contributed by atoms with Crippen molar-refractivity contribution >= 4 is 40.9 Å². The van der Waals surface area contributed by atoms with Crippen molar-refractivity contribution < 1.29 is 42.6 Å². The Morgan fingerprint density at radius 3 is 1.49 bits per heavy atom. The number of carbonyl (C=O) groups excluding carboxylic acids is 5. The molecule has 7 rings (SSSR count). The number of ether oxygens (including phenoxy) is 3. The monoisotopic (exact) mass is 872 g/mol. The highest BCUT2D eigenvalue weighted by atomic mass is 16.5. The third-order valence-electron chi connectivity index (χ3n) is 9.10. The molecule has 2 saturated heterocycles. The van der Waals surface area contributed by atoms with Crippen LogP contribution in [0.25, 0.3) is 44.8 Å². The molecule has 2 fully saturated rings. The number of fused-ring (bicyclic) bond motifs is 1. The second-order valence-corrected chi connectivity index (χ2v) is 14.1. The number of H-pyrrole nitrogens is 2. The van der Waals surface area contributed by atoms with Crippen LogP contribution in [0, 0.1) is 0 Å². The summed E-state index contributed by atoms with van der Waals surface area (Å²) in [5.74, 6) is -0.671. The van der Waals surface area contributed by atoms with Gasteiger partial charge in [0, 0.05) is 37.3 Å². The first-order chi connectivity index (χ1) is 30.5. The average Bonchev–Trinajstić information content (AvgIpc) is 4.17. The van der Waals surface area contributed by atoms with E-state index in [1.165, 1.54) is 34.2 Å². The van der Waals surface area contributed by atoms with Gasteiger partial charge in [-0.1, -0.05) is 64.8 Å². The second kappa shape index (κ2) is 27.1. The van der Waals surface area contributed by atoms with Crippen molar-refractivity contribution in [2.75, 3.05) is 60.6 Å². The van der Waals surface area contributed by atoms with Crippen molar-refractivity contribution in [1.82, 2.24) is 40.4 Å². The van der Waals surface area contributed by atoms with Crippen LogP contribution in [0.5, 0.6) is 0 Å². The number of nitrogens with one attached hydrogen (secondary N) is 4. The number of aromatic amines is 2. The van der Waals surface area contributed by atoms with Gasteiger partial charge in [-0.15, -0.1) is 0 Å². The Hall–Kier alpha value is -6.98. The third kappa shape index (κ3) is 15.5. The van der Waals surface area contributed by atoms with E-state index in [2.05, 4.69) is 67.7 Å². The highest BCUT2D eigenvalue weighted by Crippen LogP contribution is 2.30. The number of likely N-dealkylation sites (tertiary alicyclic amines) is 2. The average molecular weight is 873 g/mol. The Bertz CT molecular complexity index is 2180. The van der Waals surface area contributed by atoms with Gasteiger partial charge < -0.3 is 49.0 Å². The molecule has 0 bridgehead atoms. The van der Waals surface area contributed by atoms with E-state index in [0.717, 1.165) is 74.4 Å². The summed E-state index contributed by atoms with van der Waals surface area (Å²) in [6, 6.07) is 12.5. The maximum absolute atomic E-state index is 13.3. The zero-order valence-electron chi connectivity index (χ0n) is 37.2. The Kier molecular flexibility index (Phi) is 21.6. The quantitative estimate of drug-likeness (QED) is 0.0933. The topological polar surface area (TPSA) is 231 Å². The molecular formula is C45H60N8O10. The number of alkyl carbamates (subject to hydrolysis) is 2. The maximum atomic E-state index is 13.3. The van der Waals surface area contributed by atoms with Crippen molar-refractivity contribution in [3.8, 4) is 33.8 Å². The number of carbonyl (C=O) groups is 5. The van der Waals surface area contributed by atoms with Gasteiger partial charge in [-0.2, -0.15) is 0 Å². The van der Waals surface area contributed by atoms with E-state index in [1.54, 1.807) is 59.1 Å². The van der Waals surface area contributed by atoms with Gasteiger partial charge in [-0.3, -0.25) is 14.4 Å². The Morgan fingerprint density at radius 2 is 1.08 bits per heavy atom. The lowest BCUT2D eigenvalue weighted by atomic mass is 10.0. The molecule has 0 unspecified atom stereocenters. The molecule has 4 amide bonds. The molecule has 0 spiro atoms. The van der Waals surface area contributed by atoms with Crippen LogP contribution in [0.15, 0.2) is 76.7 Å². The zero-order chi connectivity index (χ0) is 46.1. The summed E-state index contributed by atoms with van der Waals surface area (Å²) in [6.45, 7) is 11.8. The van der Waals surface area contributed by atoms with Crippen molar-refractivity contribution in [1.29, 1.82) is 0 Å². The first-order valence-corrected chi connectivity index (χ1v) is 20.9. The number of benzene rings is 2. The number of aromatic nitrogens is 4. The Balaban J connectivity index is 0.000000273. The van der Waals surface area contributed by atoms with Crippen LogP contribution in [0.1, 0.15) is 76.6 Å². The van der Waals surface area contributed by atoms with Crippen molar-refractivity contribution in [2.24, 2.45) is 0 Å². The van der Waals surface area contributed by atoms with Gasteiger partial charge in [-0.05, 0) is 49.4 Å². The first-order valence-electron chi connectivity index (χ1n) is 20.9. The molecule has 4 N–H and O–H groups in total. The van der Waals surface area contributed by atoms with Crippen LogP contribution < -0.4 is 16.1 Å². The normalized spacial score (nSPS) is 12.4. The van der Waals surface area contributed by atoms with Crippen LogP contribution in [0.2, 0.25) is 0 Å². The number of imidazole rings is 2. The van der Waals surface area contributed by atoms with Crippen LogP contribution in [-0.2, 0) is 23.8 Å². The molecule has 0 aliphatic carbocycles. The Morgan fingerprint density at radius 1 is 0.651 bits per heavy atom. The highest BCUT2D eigenvalue weighted by Gasteiger charge is 2.24. The molecule has 2 aliphatic rings. The van der Waals surface area contributed by atoms with Gasteiger partial charge in [0.15, 0.2) is 11.3 Å². The first kappa shape index (κ1) is 50.4. The number of nitrogens with zero attached hydrogens (tertiary/aromatic N) is 4. The van der Waals surface area contributed by atoms with E-state index in [-0.39, 0.29) is 41.6 Å². The lowest BCUT2D eigenvalue weighted by Crippen LogP contribution is -2.38. The molecule has 2 aliphatic heterocycles. The van der Waals surface area contributed by atoms with Gasteiger partial charge in [0.1, 0.15) is 18.7 Å². The fraction of sp³-hybridized carbons (Fsp3) is 0.422. The fourth-order valence-electron chi connectivity index (χ4n) is 6.08. The van der Waals surface area contributed by atoms with Gasteiger partial charge in [0.2, 0.25) is 17.2 Å². The van der Waals surface area contributed by atoms with Crippen LogP contribution in [-0.4, -0.2) is 120 Å². The van der Waals surface area contributed by atoms with Crippen LogP contribution in [0.3, 0.4) is 0 Å². The molecule has 63 heavy (non-hydrogen) atoms. The molecule has 0 saturated carbocycles. The smallest absolute Gasteiger partial charge is 0.407 e.